The fraction of sp³-hybridized carbons (Fsp3) is 0.158. The summed E-state index contributed by atoms with van der Waals surface area (Å²) in [6.07, 6.45) is 4.75. The summed E-state index contributed by atoms with van der Waals surface area (Å²) < 4.78 is 10.6. The van der Waals surface area contributed by atoms with E-state index in [1.54, 1.807) is 44.5 Å². The number of amides is 1. The second-order valence-corrected chi connectivity index (χ2v) is 5.06. The summed E-state index contributed by atoms with van der Waals surface area (Å²) in [6, 6.07) is 5.16. The van der Waals surface area contributed by atoms with E-state index < -0.39 is 0 Å². The van der Waals surface area contributed by atoms with Crippen molar-refractivity contribution in [3.05, 3.63) is 54.4 Å². The molecule has 1 amide bonds. The summed E-state index contributed by atoms with van der Waals surface area (Å²) >= 11 is 0. The maximum absolute atomic E-state index is 12.6. The number of nitrogens with zero attached hydrogens (tertiary/aromatic N) is 1. The number of hydrogen-bond acceptors (Lipinski definition) is 5. The summed E-state index contributed by atoms with van der Waals surface area (Å²) in [5, 5.41) is 5.88. The first-order chi connectivity index (χ1) is 12.1. The van der Waals surface area contributed by atoms with Crippen LogP contribution < -0.4 is 20.1 Å². The Morgan fingerprint density at radius 1 is 1.08 bits per heavy atom. The van der Waals surface area contributed by atoms with Gasteiger partial charge in [-0.15, -0.1) is 0 Å². The van der Waals surface area contributed by atoms with Crippen LogP contribution in [0.5, 0.6) is 11.5 Å². The smallest absolute Gasteiger partial charge is 0.257 e. The highest BCUT2D eigenvalue weighted by atomic mass is 16.5. The van der Waals surface area contributed by atoms with Gasteiger partial charge in [-0.05, 0) is 12.1 Å². The highest BCUT2D eigenvalue weighted by molar-refractivity contribution is 6.06. The maximum atomic E-state index is 12.6. The van der Waals surface area contributed by atoms with Gasteiger partial charge < -0.3 is 20.1 Å². The first-order valence-corrected chi connectivity index (χ1v) is 7.58. The van der Waals surface area contributed by atoms with Crippen LogP contribution in [0.4, 0.5) is 11.4 Å². The lowest BCUT2D eigenvalue weighted by atomic mass is 10.1. The van der Waals surface area contributed by atoms with E-state index in [9.17, 15) is 4.79 Å². The molecule has 1 aromatic heterocycles. The molecule has 0 saturated heterocycles. The Morgan fingerprint density at radius 2 is 1.72 bits per heavy atom. The second kappa shape index (κ2) is 8.01. The van der Waals surface area contributed by atoms with Crippen molar-refractivity contribution in [3.63, 3.8) is 0 Å². The molecule has 0 radical (unpaired) electrons. The zero-order valence-corrected chi connectivity index (χ0v) is 14.6. The third-order valence-corrected chi connectivity index (χ3v) is 3.67. The van der Waals surface area contributed by atoms with Gasteiger partial charge in [0, 0.05) is 30.9 Å². The van der Waals surface area contributed by atoms with Crippen molar-refractivity contribution < 1.29 is 14.3 Å². The fourth-order valence-electron chi connectivity index (χ4n) is 2.33. The molecule has 0 spiro atoms. The lowest BCUT2D eigenvalue weighted by molar-refractivity contribution is 0.102. The molecule has 6 heteroatoms. The topological polar surface area (TPSA) is 72.5 Å². The summed E-state index contributed by atoms with van der Waals surface area (Å²) in [5.41, 5.74) is 3.10. The molecule has 2 aromatic rings. The number of rotatable bonds is 7. The van der Waals surface area contributed by atoms with Crippen molar-refractivity contribution in [2.45, 2.75) is 0 Å². The molecule has 130 valence electrons. The second-order valence-electron chi connectivity index (χ2n) is 5.06. The molecule has 0 bridgehead atoms. The van der Waals surface area contributed by atoms with Gasteiger partial charge in [0.1, 0.15) is 0 Å². The average Bonchev–Trinajstić information content (AvgIpc) is 2.66. The molecule has 6 nitrogen and oxygen atoms in total. The van der Waals surface area contributed by atoms with Gasteiger partial charge in [-0.2, -0.15) is 0 Å². The summed E-state index contributed by atoms with van der Waals surface area (Å²) in [4.78, 5) is 16.8. The van der Waals surface area contributed by atoms with E-state index in [1.807, 2.05) is 0 Å². The molecule has 0 fully saturated rings. The number of methoxy groups -OCH3 is 2. The van der Waals surface area contributed by atoms with E-state index in [2.05, 4.69) is 28.8 Å². The Kier molecular flexibility index (Phi) is 5.79. The van der Waals surface area contributed by atoms with Crippen LogP contribution in [0.1, 0.15) is 21.6 Å². The minimum atomic E-state index is -0.296. The standard InChI is InChI=1S/C19H21N3O3/c1-6-12-8-13(11-21-14(12)7-2)19(23)22-16-10-18(25-5)17(24-4)9-15(16)20-3/h6-11,20H,1-2H2,3-5H3,(H,22,23). The molecule has 0 aliphatic heterocycles. The Labute approximate surface area is 147 Å². The number of pyridine rings is 1. The van der Waals surface area contributed by atoms with Gasteiger partial charge in [0.15, 0.2) is 11.5 Å². The number of carbonyl (C=O) groups excluding carboxylic acids is 1. The van der Waals surface area contributed by atoms with E-state index in [-0.39, 0.29) is 5.91 Å². The van der Waals surface area contributed by atoms with E-state index >= 15 is 0 Å². The number of ether oxygens (including phenoxy) is 2. The molecule has 0 saturated carbocycles. The van der Waals surface area contributed by atoms with Crippen LogP contribution in [0.3, 0.4) is 0 Å². The van der Waals surface area contributed by atoms with Crippen LogP contribution in [0.15, 0.2) is 37.6 Å². The van der Waals surface area contributed by atoms with E-state index in [0.717, 1.165) is 5.56 Å². The lowest BCUT2D eigenvalue weighted by Gasteiger charge is -2.15. The first-order valence-electron chi connectivity index (χ1n) is 7.58. The average molecular weight is 339 g/mol. The fourth-order valence-corrected chi connectivity index (χ4v) is 2.33. The molecule has 1 heterocycles. The largest absolute Gasteiger partial charge is 0.493 e. The summed E-state index contributed by atoms with van der Waals surface area (Å²) in [6.45, 7) is 7.43. The van der Waals surface area contributed by atoms with Crippen LogP contribution in [-0.4, -0.2) is 32.2 Å². The minimum Gasteiger partial charge on any atom is -0.493 e. The zero-order valence-electron chi connectivity index (χ0n) is 14.6. The first kappa shape index (κ1) is 18.1. The van der Waals surface area contributed by atoms with Gasteiger partial charge in [0.2, 0.25) is 0 Å². The molecule has 1 aromatic carbocycles. The SMILES string of the molecule is C=Cc1cc(C(=O)Nc2cc(OC)c(OC)cc2NC)cnc1C=C. The number of hydrogen-bond donors (Lipinski definition) is 2. The minimum absolute atomic E-state index is 0.296. The third kappa shape index (κ3) is 3.80. The molecule has 0 aliphatic carbocycles. The van der Waals surface area contributed by atoms with E-state index in [0.29, 0.717) is 34.1 Å². The number of aromatic nitrogens is 1. The summed E-state index contributed by atoms with van der Waals surface area (Å²) in [7, 11) is 4.85. The maximum Gasteiger partial charge on any atom is 0.257 e. The predicted molar refractivity (Wildman–Crippen MR) is 101 cm³/mol. The van der Waals surface area contributed by atoms with Crippen molar-refractivity contribution in [2.75, 3.05) is 31.9 Å². The molecule has 25 heavy (non-hydrogen) atoms. The Hall–Kier alpha value is -3.28. The van der Waals surface area contributed by atoms with Gasteiger partial charge in [0.25, 0.3) is 5.91 Å². The van der Waals surface area contributed by atoms with Crippen LogP contribution in [0.25, 0.3) is 12.2 Å². The van der Waals surface area contributed by atoms with Crippen molar-refractivity contribution in [1.29, 1.82) is 0 Å². The number of carbonyl (C=O) groups is 1. The van der Waals surface area contributed by atoms with Crippen molar-refractivity contribution >= 4 is 29.4 Å². The van der Waals surface area contributed by atoms with Crippen LogP contribution in [-0.2, 0) is 0 Å². The monoisotopic (exact) mass is 339 g/mol. The Bertz CT molecular complexity index is 816. The van der Waals surface area contributed by atoms with E-state index in [1.165, 1.54) is 13.3 Å². The van der Waals surface area contributed by atoms with Crippen LogP contribution >= 0.6 is 0 Å². The zero-order chi connectivity index (χ0) is 18.4. The van der Waals surface area contributed by atoms with E-state index in [4.69, 9.17) is 9.47 Å². The highest BCUT2D eigenvalue weighted by Crippen LogP contribution is 2.36. The third-order valence-electron chi connectivity index (χ3n) is 3.67. The normalized spacial score (nSPS) is 9.88. The van der Waals surface area contributed by atoms with Crippen LogP contribution in [0.2, 0.25) is 0 Å². The van der Waals surface area contributed by atoms with Crippen molar-refractivity contribution in [2.24, 2.45) is 0 Å². The quantitative estimate of drug-likeness (QED) is 0.805. The van der Waals surface area contributed by atoms with Gasteiger partial charge in [-0.3, -0.25) is 9.78 Å². The van der Waals surface area contributed by atoms with Gasteiger partial charge >= 0.3 is 0 Å². The number of benzene rings is 1. The molecule has 2 N–H and O–H groups in total. The molecular weight excluding hydrogens is 318 g/mol. The van der Waals surface area contributed by atoms with Gasteiger partial charge in [-0.1, -0.05) is 19.2 Å². The number of anilines is 2. The summed E-state index contributed by atoms with van der Waals surface area (Å²) in [5.74, 6) is 0.787. The molecular formula is C19H21N3O3. The molecule has 2 rings (SSSR count). The number of nitrogens with one attached hydrogen (secondary N) is 2. The highest BCUT2D eigenvalue weighted by Gasteiger charge is 2.15. The molecule has 0 aliphatic rings. The van der Waals surface area contributed by atoms with Crippen molar-refractivity contribution in [1.82, 2.24) is 4.98 Å². The van der Waals surface area contributed by atoms with Gasteiger partial charge in [-0.25, -0.2) is 0 Å². The Morgan fingerprint density at radius 3 is 2.24 bits per heavy atom. The molecule has 0 atom stereocenters. The predicted octanol–water partition coefficient (Wildman–Crippen LogP) is 3.68. The van der Waals surface area contributed by atoms with Crippen molar-refractivity contribution in [3.8, 4) is 11.5 Å². The van der Waals surface area contributed by atoms with Gasteiger partial charge in [0.05, 0.1) is 36.9 Å². The lowest BCUT2D eigenvalue weighted by Crippen LogP contribution is -2.14. The van der Waals surface area contributed by atoms with Crippen LogP contribution in [0, 0.1) is 0 Å². The molecule has 0 unspecified atom stereocenters. The Balaban J connectivity index is 2.37.